The molecule has 5 heteroatoms. The van der Waals surface area contributed by atoms with Crippen LogP contribution in [0.25, 0.3) is 21.9 Å². The Kier molecular flexibility index (Phi) is 5.06. The van der Waals surface area contributed by atoms with Gasteiger partial charge in [0.2, 0.25) is 0 Å². The van der Waals surface area contributed by atoms with Crippen LogP contribution in [0.1, 0.15) is 9.30 Å². The Morgan fingerprint density at radius 2 is 1.36 bits per heavy atom. The quantitative estimate of drug-likeness (QED) is 0.325. The molecule has 0 spiro atoms. The van der Waals surface area contributed by atoms with Crippen LogP contribution < -0.4 is 0 Å². The minimum absolute atomic E-state index is 0.00397. The fourth-order valence-corrected chi connectivity index (χ4v) is 3.83. The number of rotatable bonds is 2. The Morgan fingerprint density at radius 3 is 2.00 bits per heavy atom. The number of hydrogen-bond acceptors (Lipinski definition) is 0. The van der Waals surface area contributed by atoms with Gasteiger partial charge in [-0.3, -0.25) is 0 Å². The predicted molar refractivity (Wildman–Crippen MR) is 105 cm³/mol. The first-order valence-corrected chi connectivity index (χ1v) is 9.39. The van der Waals surface area contributed by atoms with Crippen LogP contribution in [-0.4, -0.2) is 0 Å². The van der Waals surface area contributed by atoms with E-state index in [1.165, 1.54) is 0 Å². The van der Waals surface area contributed by atoms with Gasteiger partial charge in [-0.15, -0.1) is 0 Å². The van der Waals surface area contributed by atoms with Crippen LogP contribution in [-0.2, 0) is 0 Å². The maximum Gasteiger partial charge on any atom is 0.0952 e. The molecule has 0 unspecified atom stereocenters. The van der Waals surface area contributed by atoms with Gasteiger partial charge >= 0.3 is 0 Å². The van der Waals surface area contributed by atoms with Gasteiger partial charge in [-0.05, 0) is 58.5 Å². The molecule has 0 radical (unpaired) electrons. The third kappa shape index (κ3) is 3.32. The van der Waals surface area contributed by atoms with Crippen molar-refractivity contribution >= 4 is 77.4 Å². The molecule has 0 N–H and O–H groups in total. The topological polar surface area (TPSA) is 0 Å². The lowest BCUT2D eigenvalue weighted by Gasteiger charge is -2.13. The fraction of sp³-hybridized carbons (Fsp3) is 0.0588. The smallest absolute Gasteiger partial charge is 0.0843 e. The van der Waals surface area contributed by atoms with Crippen molar-refractivity contribution in [1.29, 1.82) is 0 Å². The molecule has 3 aromatic rings. The van der Waals surface area contributed by atoms with Crippen LogP contribution in [0.4, 0.5) is 0 Å². The van der Waals surface area contributed by atoms with Crippen molar-refractivity contribution in [1.82, 2.24) is 0 Å². The van der Waals surface area contributed by atoms with E-state index in [0.29, 0.717) is 15.1 Å². The molecule has 3 aromatic carbocycles. The summed E-state index contributed by atoms with van der Waals surface area (Å²) in [6, 6.07) is 15.6. The van der Waals surface area contributed by atoms with E-state index in [4.69, 9.17) is 34.8 Å². The molecule has 0 saturated carbocycles. The van der Waals surface area contributed by atoms with Crippen LogP contribution in [0.3, 0.4) is 0 Å². The van der Waals surface area contributed by atoms with Gasteiger partial charge in [0.25, 0.3) is 0 Å². The summed E-state index contributed by atoms with van der Waals surface area (Å²) in [5.74, 6) is 0. The molecule has 0 saturated heterocycles. The van der Waals surface area contributed by atoms with E-state index in [2.05, 4.69) is 44.0 Å². The fourth-order valence-electron chi connectivity index (χ4n) is 2.40. The van der Waals surface area contributed by atoms with Gasteiger partial charge in [-0.1, -0.05) is 78.8 Å². The second-order valence-corrected chi connectivity index (χ2v) is 9.20. The highest BCUT2D eigenvalue weighted by atomic mass is 79.9. The zero-order valence-corrected chi connectivity index (χ0v) is 16.5. The molecular formula is C17H9Br2Cl3. The zero-order valence-electron chi connectivity index (χ0n) is 11.1. The van der Waals surface area contributed by atoms with Crippen LogP contribution >= 0.6 is 66.7 Å². The standard InChI is InChI=1S/C17H9Br2Cl3/c18-17(19)15-6-10(9-1-3-11(20)4-2-9)5-14-13(15)7-12(21)8-16(14)22/h1-8,17H. The molecule has 22 heavy (non-hydrogen) atoms. The predicted octanol–water partition coefficient (Wildman–Crippen LogP) is 8.26. The van der Waals surface area contributed by atoms with E-state index in [9.17, 15) is 0 Å². The molecule has 0 aliphatic heterocycles. The average Bonchev–Trinajstić information content (AvgIpc) is 2.47. The lowest BCUT2D eigenvalue weighted by atomic mass is 9.97. The third-order valence-corrected chi connectivity index (χ3v) is 5.20. The van der Waals surface area contributed by atoms with Crippen molar-refractivity contribution in [2.24, 2.45) is 0 Å². The molecule has 0 atom stereocenters. The van der Waals surface area contributed by atoms with Gasteiger partial charge in [-0.2, -0.15) is 0 Å². The van der Waals surface area contributed by atoms with E-state index < -0.39 is 0 Å². The van der Waals surface area contributed by atoms with Crippen molar-refractivity contribution in [3.05, 3.63) is 69.2 Å². The van der Waals surface area contributed by atoms with Crippen LogP contribution in [0.15, 0.2) is 48.5 Å². The summed E-state index contributed by atoms with van der Waals surface area (Å²) in [6.45, 7) is 0. The Morgan fingerprint density at radius 1 is 0.682 bits per heavy atom. The van der Waals surface area contributed by atoms with Gasteiger partial charge < -0.3 is 0 Å². The molecule has 0 fully saturated rings. The van der Waals surface area contributed by atoms with Crippen molar-refractivity contribution in [2.45, 2.75) is 3.74 Å². The minimum atomic E-state index is 0.00397. The summed E-state index contributed by atoms with van der Waals surface area (Å²) < 4.78 is 0.00397. The Labute approximate surface area is 160 Å². The summed E-state index contributed by atoms with van der Waals surface area (Å²) >= 11 is 25.7. The van der Waals surface area contributed by atoms with Crippen LogP contribution in [0, 0.1) is 0 Å². The van der Waals surface area contributed by atoms with E-state index in [1.807, 2.05) is 30.3 Å². The molecule has 0 aliphatic rings. The van der Waals surface area contributed by atoms with Gasteiger partial charge in [0.15, 0.2) is 0 Å². The molecular weight excluding hydrogens is 470 g/mol. The largest absolute Gasteiger partial charge is 0.0952 e. The average molecular weight is 479 g/mol. The van der Waals surface area contributed by atoms with E-state index in [0.717, 1.165) is 27.5 Å². The lowest BCUT2D eigenvalue weighted by molar-refractivity contribution is 1.47. The third-order valence-electron chi connectivity index (χ3n) is 3.43. The summed E-state index contributed by atoms with van der Waals surface area (Å²) in [5, 5.41) is 3.97. The summed E-state index contributed by atoms with van der Waals surface area (Å²) in [6.07, 6.45) is 0. The van der Waals surface area contributed by atoms with Gasteiger partial charge in [0.1, 0.15) is 0 Å². The van der Waals surface area contributed by atoms with Crippen molar-refractivity contribution in [3.8, 4) is 11.1 Å². The Balaban J connectivity index is 2.31. The molecule has 112 valence electrons. The number of hydrogen-bond donors (Lipinski definition) is 0. The molecule has 0 nitrogen and oxygen atoms in total. The molecule has 0 aromatic heterocycles. The number of halogens is 5. The van der Waals surface area contributed by atoms with Crippen molar-refractivity contribution in [3.63, 3.8) is 0 Å². The normalized spacial score (nSPS) is 11.4. The van der Waals surface area contributed by atoms with E-state index in [1.54, 1.807) is 6.07 Å². The second-order valence-electron chi connectivity index (χ2n) is 4.86. The summed E-state index contributed by atoms with van der Waals surface area (Å²) in [4.78, 5) is 0. The Bertz CT molecular complexity index is 843. The SMILES string of the molecule is Clc1ccc(-c2cc(C(Br)Br)c3cc(Cl)cc(Cl)c3c2)cc1. The van der Waals surface area contributed by atoms with Gasteiger partial charge in [-0.25, -0.2) is 0 Å². The highest BCUT2D eigenvalue weighted by Crippen LogP contribution is 2.41. The highest BCUT2D eigenvalue weighted by Gasteiger charge is 2.13. The molecule has 3 rings (SSSR count). The lowest BCUT2D eigenvalue weighted by Crippen LogP contribution is -1.89. The highest BCUT2D eigenvalue weighted by molar-refractivity contribution is 9.24. The summed E-state index contributed by atoms with van der Waals surface area (Å²) in [5.41, 5.74) is 3.23. The number of alkyl halides is 2. The molecule has 0 aliphatic carbocycles. The van der Waals surface area contributed by atoms with E-state index in [-0.39, 0.29) is 3.74 Å². The zero-order chi connectivity index (χ0) is 15.9. The van der Waals surface area contributed by atoms with Gasteiger partial charge in [0.05, 0.1) is 3.74 Å². The molecule has 0 bridgehead atoms. The van der Waals surface area contributed by atoms with Crippen molar-refractivity contribution < 1.29 is 0 Å². The molecule has 0 amide bonds. The van der Waals surface area contributed by atoms with Gasteiger partial charge in [0, 0.05) is 20.5 Å². The monoisotopic (exact) mass is 476 g/mol. The summed E-state index contributed by atoms with van der Waals surface area (Å²) in [7, 11) is 0. The molecule has 0 heterocycles. The first-order chi connectivity index (χ1) is 10.5. The second kappa shape index (κ2) is 6.70. The number of fused-ring (bicyclic) bond motifs is 1. The maximum absolute atomic E-state index is 6.39. The first kappa shape index (κ1) is 16.6. The van der Waals surface area contributed by atoms with Crippen molar-refractivity contribution in [2.75, 3.05) is 0 Å². The van der Waals surface area contributed by atoms with Crippen LogP contribution in [0.2, 0.25) is 15.1 Å². The number of benzene rings is 3. The minimum Gasteiger partial charge on any atom is -0.0843 e. The van der Waals surface area contributed by atoms with E-state index >= 15 is 0 Å². The van der Waals surface area contributed by atoms with Crippen LogP contribution in [0.5, 0.6) is 0 Å². The Hall–Kier alpha value is -0.250. The maximum atomic E-state index is 6.39. The first-order valence-electron chi connectivity index (χ1n) is 6.42.